The summed E-state index contributed by atoms with van der Waals surface area (Å²) in [6.07, 6.45) is -0.0892. The number of nitro groups is 1. The number of halogens is 1. The van der Waals surface area contributed by atoms with Crippen molar-refractivity contribution in [2.24, 2.45) is 11.3 Å². The number of nitro benzene ring substituents is 1. The molecule has 5 nitrogen and oxygen atoms in total. The smallest absolute Gasteiger partial charge is 0.309 e. The van der Waals surface area contributed by atoms with E-state index in [1.807, 2.05) is 0 Å². The highest BCUT2D eigenvalue weighted by molar-refractivity contribution is 5.75. The first-order valence-corrected chi connectivity index (χ1v) is 5.84. The first-order valence-electron chi connectivity index (χ1n) is 5.84. The summed E-state index contributed by atoms with van der Waals surface area (Å²) in [4.78, 5) is 21.6. The molecule has 0 fully saturated rings. The van der Waals surface area contributed by atoms with Gasteiger partial charge in [-0.05, 0) is 31.4 Å². The van der Waals surface area contributed by atoms with Crippen LogP contribution >= 0.6 is 0 Å². The van der Waals surface area contributed by atoms with Crippen molar-refractivity contribution in [2.45, 2.75) is 27.2 Å². The lowest BCUT2D eigenvalue weighted by Crippen LogP contribution is -2.35. The Balaban J connectivity index is 3.27. The highest BCUT2D eigenvalue weighted by atomic mass is 19.1. The van der Waals surface area contributed by atoms with Crippen LogP contribution in [0, 0.1) is 27.3 Å². The molecule has 104 valence electrons. The molecule has 1 unspecified atom stereocenters. The summed E-state index contributed by atoms with van der Waals surface area (Å²) in [5, 5.41) is 20.2. The van der Waals surface area contributed by atoms with Crippen molar-refractivity contribution in [2.75, 3.05) is 0 Å². The average Bonchev–Trinajstić information content (AvgIpc) is 2.27. The number of benzene rings is 1. The van der Waals surface area contributed by atoms with E-state index >= 15 is 0 Å². The highest BCUT2D eigenvalue weighted by Crippen LogP contribution is 2.34. The summed E-state index contributed by atoms with van der Waals surface area (Å²) >= 11 is 0. The third-order valence-corrected chi connectivity index (χ3v) is 3.56. The van der Waals surface area contributed by atoms with Gasteiger partial charge in [0.15, 0.2) is 0 Å². The predicted molar refractivity (Wildman–Crippen MR) is 67.3 cm³/mol. The highest BCUT2D eigenvalue weighted by Gasteiger charge is 2.38. The quantitative estimate of drug-likeness (QED) is 0.658. The second kappa shape index (κ2) is 5.34. The van der Waals surface area contributed by atoms with Gasteiger partial charge in [-0.25, -0.2) is 4.39 Å². The van der Waals surface area contributed by atoms with Crippen molar-refractivity contribution in [3.8, 4) is 0 Å². The molecule has 0 aliphatic heterocycles. The van der Waals surface area contributed by atoms with Crippen LogP contribution in [-0.4, -0.2) is 16.0 Å². The molecule has 0 bridgehead atoms. The molecule has 1 rings (SSSR count). The maximum atomic E-state index is 13.2. The lowest BCUT2D eigenvalue weighted by molar-refractivity contribution is -0.385. The monoisotopic (exact) mass is 269 g/mol. The van der Waals surface area contributed by atoms with E-state index in [9.17, 15) is 24.4 Å². The van der Waals surface area contributed by atoms with Crippen molar-refractivity contribution < 1.29 is 19.2 Å². The number of hydrogen-bond acceptors (Lipinski definition) is 3. The molecular weight excluding hydrogens is 253 g/mol. The molecular formula is C13H16FNO4. The van der Waals surface area contributed by atoms with Gasteiger partial charge in [0.25, 0.3) is 5.69 Å². The molecule has 1 aromatic carbocycles. The Bertz CT molecular complexity index is 515. The van der Waals surface area contributed by atoms with Crippen molar-refractivity contribution in [1.29, 1.82) is 0 Å². The first kappa shape index (κ1) is 15.1. The molecule has 0 radical (unpaired) electrons. The predicted octanol–water partition coefficient (Wildman–Crippen LogP) is 3.02. The second-order valence-electron chi connectivity index (χ2n) is 5.08. The van der Waals surface area contributed by atoms with Gasteiger partial charge in [-0.3, -0.25) is 14.9 Å². The molecule has 6 heteroatoms. The van der Waals surface area contributed by atoms with Crippen LogP contribution in [0.1, 0.15) is 26.3 Å². The Labute approximate surface area is 110 Å². The minimum Gasteiger partial charge on any atom is -0.481 e. The number of rotatable bonds is 5. The summed E-state index contributed by atoms with van der Waals surface area (Å²) in [7, 11) is 0. The molecule has 0 saturated carbocycles. The lowest BCUT2D eigenvalue weighted by Gasteiger charge is -2.28. The van der Waals surface area contributed by atoms with Gasteiger partial charge >= 0.3 is 5.97 Å². The zero-order chi connectivity index (χ0) is 14.8. The van der Waals surface area contributed by atoms with E-state index in [0.717, 1.165) is 18.2 Å². The van der Waals surface area contributed by atoms with E-state index in [-0.39, 0.29) is 23.6 Å². The fraction of sp³-hybridized carbons (Fsp3) is 0.462. The van der Waals surface area contributed by atoms with Gasteiger partial charge in [0.05, 0.1) is 10.3 Å². The van der Waals surface area contributed by atoms with Crippen LogP contribution in [0.25, 0.3) is 0 Å². The second-order valence-corrected chi connectivity index (χ2v) is 5.08. The number of aliphatic carboxylic acids is 1. The number of hydrogen-bond donors (Lipinski definition) is 1. The normalized spacial score (nSPS) is 14.2. The van der Waals surface area contributed by atoms with Crippen LogP contribution in [0.5, 0.6) is 0 Å². The summed E-state index contributed by atoms with van der Waals surface area (Å²) in [5.41, 5.74) is -1.34. The van der Waals surface area contributed by atoms with E-state index in [1.54, 1.807) is 13.8 Å². The number of nitrogens with zero attached hydrogens (tertiary/aromatic N) is 1. The Hall–Kier alpha value is -1.98. The fourth-order valence-corrected chi connectivity index (χ4v) is 1.80. The third-order valence-electron chi connectivity index (χ3n) is 3.56. The van der Waals surface area contributed by atoms with E-state index in [2.05, 4.69) is 0 Å². The molecule has 0 spiro atoms. The zero-order valence-corrected chi connectivity index (χ0v) is 11.0. The van der Waals surface area contributed by atoms with Gasteiger partial charge < -0.3 is 5.11 Å². The van der Waals surface area contributed by atoms with E-state index < -0.39 is 22.1 Å². The van der Waals surface area contributed by atoms with E-state index in [1.165, 1.54) is 6.92 Å². The van der Waals surface area contributed by atoms with Crippen molar-refractivity contribution >= 4 is 11.7 Å². The van der Waals surface area contributed by atoms with Crippen molar-refractivity contribution in [1.82, 2.24) is 0 Å². The van der Waals surface area contributed by atoms with Crippen LogP contribution in [0.4, 0.5) is 10.1 Å². The SMILES string of the molecule is CC(C)C(C)(Cc1cc(F)ccc1[N+](=O)[O-])C(=O)O. The fourth-order valence-electron chi connectivity index (χ4n) is 1.80. The molecule has 0 heterocycles. The number of carboxylic acid groups (broad SMARTS) is 1. The first-order chi connectivity index (χ1) is 8.68. The van der Waals surface area contributed by atoms with Gasteiger partial charge in [0, 0.05) is 11.6 Å². The molecule has 0 amide bonds. The molecule has 0 aliphatic carbocycles. The van der Waals surface area contributed by atoms with Gasteiger partial charge in [-0.1, -0.05) is 13.8 Å². The average molecular weight is 269 g/mol. The van der Waals surface area contributed by atoms with Crippen molar-refractivity contribution in [3.05, 3.63) is 39.7 Å². The summed E-state index contributed by atoms with van der Waals surface area (Å²) < 4.78 is 13.2. The molecule has 0 aliphatic rings. The van der Waals surface area contributed by atoms with Crippen LogP contribution in [-0.2, 0) is 11.2 Å². The molecule has 19 heavy (non-hydrogen) atoms. The van der Waals surface area contributed by atoms with Crippen LogP contribution in [0.3, 0.4) is 0 Å². The van der Waals surface area contributed by atoms with Crippen LogP contribution < -0.4 is 0 Å². The minimum atomic E-state index is -1.18. The van der Waals surface area contributed by atoms with Crippen LogP contribution in [0.15, 0.2) is 18.2 Å². The Morgan fingerprint density at radius 2 is 2.11 bits per heavy atom. The summed E-state index contributed by atoms with van der Waals surface area (Å²) in [5.74, 6) is -1.91. The van der Waals surface area contributed by atoms with Gasteiger partial charge in [-0.2, -0.15) is 0 Å². The third kappa shape index (κ3) is 3.07. The summed E-state index contributed by atoms with van der Waals surface area (Å²) in [6, 6.07) is 3.09. The van der Waals surface area contributed by atoms with Gasteiger partial charge in [0.2, 0.25) is 0 Å². The zero-order valence-electron chi connectivity index (χ0n) is 11.0. The van der Waals surface area contributed by atoms with E-state index in [0.29, 0.717) is 0 Å². The molecule has 0 aromatic heterocycles. The van der Waals surface area contributed by atoms with Crippen LogP contribution in [0.2, 0.25) is 0 Å². The Morgan fingerprint density at radius 1 is 1.53 bits per heavy atom. The van der Waals surface area contributed by atoms with Gasteiger partial charge in [-0.15, -0.1) is 0 Å². The Kier molecular flexibility index (Phi) is 4.24. The Morgan fingerprint density at radius 3 is 2.53 bits per heavy atom. The lowest BCUT2D eigenvalue weighted by atomic mass is 9.74. The molecule has 1 N–H and O–H groups in total. The summed E-state index contributed by atoms with van der Waals surface area (Å²) in [6.45, 7) is 4.95. The number of carbonyl (C=O) groups is 1. The topological polar surface area (TPSA) is 80.4 Å². The van der Waals surface area contributed by atoms with E-state index in [4.69, 9.17) is 0 Å². The largest absolute Gasteiger partial charge is 0.481 e. The molecule has 1 atom stereocenters. The molecule has 0 saturated heterocycles. The maximum absolute atomic E-state index is 13.2. The number of carboxylic acids is 1. The van der Waals surface area contributed by atoms with Gasteiger partial charge in [0.1, 0.15) is 5.82 Å². The van der Waals surface area contributed by atoms with Crippen molar-refractivity contribution in [3.63, 3.8) is 0 Å². The minimum absolute atomic E-state index is 0.0892. The maximum Gasteiger partial charge on any atom is 0.309 e. The standard InChI is InChI=1S/C13H16FNO4/c1-8(2)13(3,12(16)17)7-9-6-10(14)4-5-11(9)15(18)19/h4-6,8H,7H2,1-3H3,(H,16,17). The molecule has 1 aromatic rings.